The number of fused-ring (bicyclic) bond motifs is 2. The van der Waals surface area contributed by atoms with Gasteiger partial charge < -0.3 is 5.11 Å². The van der Waals surface area contributed by atoms with Gasteiger partial charge in [-0.15, -0.1) is 0 Å². The van der Waals surface area contributed by atoms with Crippen molar-refractivity contribution in [2.75, 3.05) is 6.61 Å². The Morgan fingerprint density at radius 3 is 2.71 bits per heavy atom. The van der Waals surface area contributed by atoms with Crippen LogP contribution in [0.4, 0.5) is 4.39 Å². The third-order valence-corrected chi connectivity index (χ3v) is 6.50. The Bertz CT molecular complexity index is 646. The zero-order chi connectivity index (χ0) is 15.2. The predicted octanol–water partition coefficient (Wildman–Crippen LogP) is 1.82. The van der Waals surface area contributed by atoms with Crippen molar-refractivity contribution in [2.24, 2.45) is 17.8 Å². The van der Waals surface area contributed by atoms with Crippen LogP contribution >= 0.6 is 0 Å². The molecular formula is C15H20FNO3S. The van der Waals surface area contributed by atoms with Crippen LogP contribution in [0.5, 0.6) is 0 Å². The molecule has 2 bridgehead atoms. The smallest absolute Gasteiger partial charge is 0.240 e. The van der Waals surface area contributed by atoms with Gasteiger partial charge in [0, 0.05) is 18.6 Å². The average Bonchev–Trinajstić information content (AvgIpc) is 3.02. The Morgan fingerprint density at radius 2 is 2.05 bits per heavy atom. The van der Waals surface area contributed by atoms with Crippen LogP contribution in [0, 0.1) is 30.5 Å². The fourth-order valence-corrected chi connectivity index (χ4v) is 5.21. The first-order valence-electron chi connectivity index (χ1n) is 7.31. The summed E-state index contributed by atoms with van der Waals surface area (Å²) in [6.07, 6.45) is 3.03. The number of nitrogens with one attached hydrogen (secondary N) is 1. The predicted molar refractivity (Wildman–Crippen MR) is 76.7 cm³/mol. The van der Waals surface area contributed by atoms with Gasteiger partial charge in [0.2, 0.25) is 10.0 Å². The van der Waals surface area contributed by atoms with Crippen LogP contribution in [0.25, 0.3) is 0 Å². The lowest BCUT2D eigenvalue weighted by Crippen LogP contribution is -2.45. The largest absolute Gasteiger partial charge is 0.396 e. The molecule has 2 N–H and O–H groups in total. The van der Waals surface area contributed by atoms with Crippen LogP contribution in [0.2, 0.25) is 0 Å². The highest BCUT2D eigenvalue weighted by Gasteiger charge is 2.48. The van der Waals surface area contributed by atoms with Gasteiger partial charge in [-0.1, -0.05) is 6.07 Å². The number of aliphatic hydroxyl groups excluding tert-OH is 1. The first kappa shape index (κ1) is 14.9. The molecule has 2 aliphatic rings. The van der Waals surface area contributed by atoms with E-state index in [0.29, 0.717) is 11.5 Å². The molecule has 0 aromatic heterocycles. The second-order valence-electron chi connectivity index (χ2n) is 6.24. The van der Waals surface area contributed by atoms with Crippen LogP contribution in [0.3, 0.4) is 0 Å². The zero-order valence-electron chi connectivity index (χ0n) is 11.9. The highest BCUT2D eigenvalue weighted by atomic mass is 32.2. The number of halogens is 1. The Morgan fingerprint density at radius 1 is 1.33 bits per heavy atom. The monoisotopic (exact) mass is 313 g/mol. The Hall–Kier alpha value is -0.980. The minimum absolute atomic E-state index is 0.00336. The molecule has 2 saturated carbocycles. The molecule has 4 nitrogen and oxygen atoms in total. The molecule has 0 radical (unpaired) electrons. The molecule has 4 unspecified atom stereocenters. The van der Waals surface area contributed by atoms with Crippen LogP contribution in [0.1, 0.15) is 24.8 Å². The van der Waals surface area contributed by atoms with Crippen molar-refractivity contribution in [3.05, 3.63) is 29.6 Å². The minimum Gasteiger partial charge on any atom is -0.396 e. The van der Waals surface area contributed by atoms with Crippen molar-refractivity contribution in [3.63, 3.8) is 0 Å². The Labute approximate surface area is 124 Å². The lowest BCUT2D eigenvalue weighted by Gasteiger charge is -2.30. The number of sulfonamides is 1. The van der Waals surface area contributed by atoms with E-state index in [1.807, 2.05) is 0 Å². The van der Waals surface area contributed by atoms with Crippen LogP contribution in [-0.2, 0) is 10.0 Å². The van der Waals surface area contributed by atoms with Crippen molar-refractivity contribution in [1.82, 2.24) is 4.72 Å². The van der Waals surface area contributed by atoms with Gasteiger partial charge in [0.25, 0.3) is 0 Å². The number of hydrogen-bond acceptors (Lipinski definition) is 3. The van der Waals surface area contributed by atoms with Gasteiger partial charge in [0.05, 0.1) is 4.90 Å². The van der Waals surface area contributed by atoms with Crippen molar-refractivity contribution >= 4 is 10.0 Å². The van der Waals surface area contributed by atoms with Crippen LogP contribution in [0.15, 0.2) is 23.1 Å². The maximum absolute atomic E-state index is 13.6. The summed E-state index contributed by atoms with van der Waals surface area (Å²) in [5.74, 6) is 0.151. The lowest BCUT2D eigenvalue weighted by molar-refractivity contribution is 0.153. The summed E-state index contributed by atoms with van der Waals surface area (Å²) >= 11 is 0. The maximum Gasteiger partial charge on any atom is 0.240 e. The zero-order valence-corrected chi connectivity index (χ0v) is 12.7. The molecule has 2 aliphatic carbocycles. The van der Waals surface area contributed by atoms with Gasteiger partial charge in [0.15, 0.2) is 0 Å². The summed E-state index contributed by atoms with van der Waals surface area (Å²) in [7, 11) is -3.75. The number of aryl methyl sites for hydroxylation is 1. The van der Waals surface area contributed by atoms with Gasteiger partial charge in [-0.05, 0) is 55.7 Å². The van der Waals surface area contributed by atoms with E-state index in [1.165, 1.54) is 12.1 Å². The van der Waals surface area contributed by atoms with Gasteiger partial charge in [-0.2, -0.15) is 0 Å². The fourth-order valence-electron chi connectivity index (χ4n) is 3.84. The number of rotatable bonds is 4. The van der Waals surface area contributed by atoms with E-state index in [-0.39, 0.29) is 29.4 Å². The third-order valence-electron chi connectivity index (χ3n) is 5.04. The van der Waals surface area contributed by atoms with Crippen molar-refractivity contribution < 1.29 is 17.9 Å². The van der Waals surface area contributed by atoms with Gasteiger partial charge >= 0.3 is 0 Å². The van der Waals surface area contributed by atoms with Crippen molar-refractivity contribution in [3.8, 4) is 0 Å². The van der Waals surface area contributed by atoms with Crippen molar-refractivity contribution in [2.45, 2.75) is 37.1 Å². The summed E-state index contributed by atoms with van der Waals surface area (Å²) in [5, 5.41) is 9.51. The molecule has 0 amide bonds. The number of aliphatic hydroxyl groups is 1. The molecule has 2 fully saturated rings. The quantitative estimate of drug-likeness (QED) is 0.891. The summed E-state index contributed by atoms with van der Waals surface area (Å²) < 4.78 is 41.1. The summed E-state index contributed by atoms with van der Waals surface area (Å²) in [4.78, 5) is -0.0509. The second-order valence-corrected chi connectivity index (χ2v) is 7.95. The van der Waals surface area contributed by atoms with Gasteiger partial charge in [-0.3, -0.25) is 0 Å². The summed E-state index contributed by atoms with van der Waals surface area (Å²) in [6.45, 7) is 1.59. The highest BCUT2D eigenvalue weighted by molar-refractivity contribution is 7.89. The Kier molecular flexibility index (Phi) is 3.80. The standard InChI is InChI=1S/C15H20FNO3S/c1-9-2-5-12(7-14(9)16)21(19,20)17-15-11-4-3-10(6-11)13(15)8-18/h2,5,7,10-11,13,15,17-18H,3-4,6,8H2,1H3. The van der Waals surface area contributed by atoms with E-state index in [9.17, 15) is 17.9 Å². The number of benzene rings is 1. The second kappa shape index (κ2) is 5.34. The minimum atomic E-state index is -3.75. The molecule has 3 rings (SSSR count). The fraction of sp³-hybridized carbons (Fsp3) is 0.600. The first-order valence-corrected chi connectivity index (χ1v) is 8.80. The third kappa shape index (κ3) is 2.60. The molecule has 21 heavy (non-hydrogen) atoms. The van der Waals surface area contributed by atoms with E-state index in [2.05, 4.69) is 4.72 Å². The highest BCUT2D eigenvalue weighted by Crippen LogP contribution is 2.48. The van der Waals surface area contributed by atoms with Crippen LogP contribution in [-0.4, -0.2) is 26.2 Å². The topological polar surface area (TPSA) is 66.4 Å². The molecule has 6 heteroatoms. The molecule has 0 aliphatic heterocycles. The molecule has 1 aromatic carbocycles. The van der Waals surface area contributed by atoms with Gasteiger partial charge in [0.1, 0.15) is 5.82 Å². The molecular weight excluding hydrogens is 293 g/mol. The number of hydrogen-bond donors (Lipinski definition) is 2. The van der Waals surface area contributed by atoms with Crippen LogP contribution < -0.4 is 4.72 Å². The first-order chi connectivity index (χ1) is 9.92. The van der Waals surface area contributed by atoms with E-state index in [1.54, 1.807) is 6.92 Å². The molecule has 0 heterocycles. The molecule has 1 aromatic rings. The summed E-state index contributed by atoms with van der Waals surface area (Å²) in [5.41, 5.74) is 0.419. The molecule has 116 valence electrons. The average molecular weight is 313 g/mol. The SMILES string of the molecule is Cc1ccc(S(=O)(=O)NC2C3CCC(C3)C2CO)cc1F. The maximum atomic E-state index is 13.6. The van der Waals surface area contributed by atoms with E-state index in [4.69, 9.17) is 0 Å². The van der Waals surface area contributed by atoms with E-state index >= 15 is 0 Å². The lowest BCUT2D eigenvalue weighted by atomic mass is 9.86. The molecule has 0 saturated heterocycles. The summed E-state index contributed by atoms with van der Waals surface area (Å²) in [6, 6.07) is 3.71. The van der Waals surface area contributed by atoms with E-state index < -0.39 is 15.8 Å². The molecule has 4 atom stereocenters. The van der Waals surface area contributed by atoms with Crippen molar-refractivity contribution in [1.29, 1.82) is 0 Å². The van der Waals surface area contributed by atoms with E-state index in [0.717, 1.165) is 25.3 Å². The Balaban J connectivity index is 1.84. The molecule has 0 spiro atoms. The normalized spacial score (nSPS) is 31.8. The van der Waals surface area contributed by atoms with Gasteiger partial charge in [-0.25, -0.2) is 17.5 Å².